The monoisotopic (exact) mass is 294 g/mol. The van der Waals surface area contributed by atoms with Gasteiger partial charge >= 0.3 is 0 Å². The van der Waals surface area contributed by atoms with E-state index < -0.39 is 0 Å². The second kappa shape index (κ2) is 5.95. The first-order valence-electron chi connectivity index (χ1n) is 8.28. The number of aliphatic hydroxyl groups is 1. The standard InChI is InChI=1S/C16H26N2O3/c19-12-16(9-13-4-5-13)6-2-8-18(11-16)15(21)10-17-7-1-3-14(17)20/h13,19H,1-12H2/t16-/m1/s1. The molecule has 0 bridgehead atoms. The van der Waals surface area contributed by atoms with Crippen LogP contribution in [0.5, 0.6) is 0 Å². The van der Waals surface area contributed by atoms with Gasteiger partial charge in [-0.3, -0.25) is 9.59 Å². The van der Waals surface area contributed by atoms with E-state index >= 15 is 0 Å². The summed E-state index contributed by atoms with van der Waals surface area (Å²) in [5, 5.41) is 9.84. The largest absolute Gasteiger partial charge is 0.396 e. The van der Waals surface area contributed by atoms with Gasteiger partial charge < -0.3 is 14.9 Å². The van der Waals surface area contributed by atoms with Gasteiger partial charge in [0.1, 0.15) is 0 Å². The average molecular weight is 294 g/mol. The molecule has 0 aromatic heterocycles. The molecule has 2 heterocycles. The Morgan fingerprint density at radius 2 is 2.10 bits per heavy atom. The summed E-state index contributed by atoms with van der Waals surface area (Å²) < 4.78 is 0. The van der Waals surface area contributed by atoms with Crippen LogP contribution in [0.3, 0.4) is 0 Å². The molecule has 0 aromatic rings. The summed E-state index contributed by atoms with van der Waals surface area (Å²) in [5.41, 5.74) is -0.0932. The van der Waals surface area contributed by atoms with E-state index in [1.807, 2.05) is 4.90 Å². The first kappa shape index (κ1) is 14.8. The van der Waals surface area contributed by atoms with Gasteiger partial charge in [0.15, 0.2) is 0 Å². The summed E-state index contributed by atoms with van der Waals surface area (Å²) in [6.07, 6.45) is 7.04. The molecule has 2 amide bonds. The minimum Gasteiger partial charge on any atom is -0.396 e. The van der Waals surface area contributed by atoms with E-state index in [1.54, 1.807) is 4.90 Å². The molecule has 0 aromatic carbocycles. The summed E-state index contributed by atoms with van der Waals surface area (Å²) in [4.78, 5) is 27.7. The van der Waals surface area contributed by atoms with Crippen molar-refractivity contribution < 1.29 is 14.7 Å². The molecule has 3 fully saturated rings. The Kier molecular flexibility index (Phi) is 4.20. The normalized spacial score (nSPS) is 30.0. The molecule has 2 saturated heterocycles. The van der Waals surface area contributed by atoms with E-state index in [1.165, 1.54) is 12.8 Å². The van der Waals surface area contributed by atoms with Crippen LogP contribution < -0.4 is 0 Å². The van der Waals surface area contributed by atoms with Gasteiger partial charge in [-0.25, -0.2) is 0 Å². The lowest BCUT2D eigenvalue weighted by Gasteiger charge is -2.42. The van der Waals surface area contributed by atoms with E-state index in [-0.39, 0.29) is 30.4 Å². The van der Waals surface area contributed by atoms with Crippen LogP contribution in [0.25, 0.3) is 0 Å². The number of rotatable bonds is 5. The zero-order valence-electron chi connectivity index (χ0n) is 12.7. The molecule has 1 saturated carbocycles. The number of hydrogen-bond donors (Lipinski definition) is 1. The molecule has 3 rings (SSSR count). The first-order valence-corrected chi connectivity index (χ1v) is 8.28. The molecule has 1 atom stereocenters. The molecule has 1 N–H and O–H groups in total. The van der Waals surface area contributed by atoms with Gasteiger partial charge in [0.05, 0.1) is 13.2 Å². The van der Waals surface area contributed by atoms with E-state index in [2.05, 4.69) is 0 Å². The maximum atomic E-state index is 12.5. The molecule has 0 unspecified atom stereocenters. The smallest absolute Gasteiger partial charge is 0.242 e. The van der Waals surface area contributed by atoms with Crippen LogP contribution in [0.2, 0.25) is 0 Å². The van der Waals surface area contributed by atoms with Crippen molar-refractivity contribution in [2.24, 2.45) is 11.3 Å². The Morgan fingerprint density at radius 1 is 1.29 bits per heavy atom. The van der Waals surface area contributed by atoms with Crippen molar-refractivity contribution >= 4 is 11.8 Å². The molecule has 21 heavy (non-hydrogen) atoms. The molecule has 1 aliphatic carbocycles. The number of hydrogen-bond acceptors (Lipinski definition) is 3. The highest BCUT2D eigenvalue weighted by Crippen LogP contribution is 2.44. The number of piperidine rings is 1. The van der Waals surface area contributed by atoms with E-state index in [0.29, 0.717) is 19.5 Å². The second-order valence-corrected chi connectivity index (χ2v) is 7.14. The number of carbonyl (C=O) groups excluding carboxylic acids is 2. The van der Waals surface area contributed by atoms with Crippen LogP contribution in [0.15, 0.2) is 0 Å². The summed E-state index contributed by atoms with van der Waals surface area (Å²) in [6.45, 7) is 2.56. The zero-order valence-corrected chi connectivity index (χ0v) is 12.7. The van der Waals surface area contributed by atoms with Gasteiger partial charge in [0, 0.05) is 31.5 Å². The zero-order chi connectivity index (χ0) is 14.9. The summed E-state index contributed by atoms with van der Waals surface area (Å²) in [5.74, 6) is 0.915. The molecule has 118 valence electrons. The Morgan fingerprint density at radius 3 is 2.71 bits per heavy atom. The quantitative estimate of drug-likeness (QED) is 0.823. The number of nitrogens with zero attached hydrogens (tertiary/aromatic N) is 2. The predicted molar refractivity (Wildman–Crippen MR) is 78.5 cm³/mol. The average Bonchev–Trinajstić information content (AvgIpc) is 3.21. The van der Waals surface area contributed by atoms with Crippen LogP contribution in [-0.2, 0) is 9.59 Å². The highest BCUT2D eigenvalue weighted by molar-refractivity contribution is 5.86. The Labute approximate surface area is 126 Å². The first-order chi connectivity index (χ1) is 10.1. The van der Waals surface area contributed by atoms with E-state index in [9.17, 15) is 14.7 Å². The van der Waals surface area contributed by atoms with Crippen molar-refractivity contribution in [2.45, 2.75) is 44.9 Å². The molecule has 2 aliphatic heterocycles. The van der Waals surface area contributed by atoms with Gasteiger partial charge in [0.25, 0.3) is 0 Å². The van der Waals surface area contributed by atoms with Crippen molar-refractivity contribution in [3.63, 3.8) is 0 Å². The lowest BCUT2D eigenvalue weighted by Crippen LogP contribution is -2.50. The van der Waals surface area contributed by atoms with Gasteiger partial charge in [-0.1, -0.05) is 12.8 Å². The second-order valence-electron chi connectivity index (χ2n) is 7.14. The van der Waals surface area contributed by atoms with Crippen LogP contribution >= 0.6 is 0 Å². The maximum absolute atomic E-state index is 12.5. The summed E-state index contributed by atoms with van der Waals surface area (Å²) in [6, 6.07) is 0. The highest BCUT2D eigenvalue weighted by atomic mass is 16.3. The lowest BCUT2D eigenvalue weighted by atomic mass is 9.76. The van der Waals surface area contributed by atoms with Gasteiger partial charge in [-0.15, -0.1) is 0 Å². The van der Waals surface area contributed by atoms with Crippen LogP contribution in [-0.4, -0.2) is 59.5 Å². The van der Waals surface area contributed by atoms with Crippen LogP contribution in [0, 0.1) is 11.3 Å². The van der Waals surface area contributed by atoms with Crippen molar-refractivity contribution in [3.05, 3.63) is 0 Å². The number of carbonyl (C=O) groups is 2. The molecule has 0 radical (unpaired) electrons. The lowest BCUT2D eigenvalue weighted by molar-refractivity contribution is -0.141. The third-order valence-electron chi connectivity index (χ3n) is 5.27. The minimum absolute atomic E-state index is 0.0542. The van der Waals surface area contributed by atoms with Gasteiger partial charge in [-0.05, 0) is 31.6 Å². The Balaban J connectivity index is 1.58. The minimum atomic E-state index is -0.0932. The van der Waals surface area contributed by atoms with E-state index in [4.69, 9.17) is 0 Å². The van der Waals surface area contributed by atoms with Gasteiger partial charge in [0.2, 0.25) is 11.8 Å². The maximum Gasteiger partial charge on any atom is 0.242 e. The van der Waals surface area contributed by atoms with E-state index in [0.717, 1.165) is 38.1 Å². The number of aliphatic hydroxyl groups excluding tert-OH is 1. The van der Waals surface area contributed by atoms with Crippen molar-refractivity contribution in [3.8, 4) is 0 Å². The molecular formula is C16H26N2O3. The third-order valence-corrected chi connectivity index (χ3v) is 5.27. The van der Waals surface area contributed by atoms with Crippen LogP contribution in [0.4, 0.5) is 0 Å². The molecule has 5 heteroatoms. The Hall–Kier alpha value is -1.10. The highest BCUT2D eigenvalue weighted by Gasteiger charge is 2.41. The number of likely N-dealkylation sites (tertiary alicyclic amines) is 2. The molecule has 5 nitrogen and oxygen atoms in total. The third kappa shape index (κ3) is 3.39. The SMILES string of the molecule is O=C1CCCN1CC(=O)N1CCC[C@@](CO)(CC2CC2)C1. The Bertz CT molecular complexity index is 422. The van der Waals surface area contributed by atoms with Crippen molar-refractivity contribution in [2.75, 3.05) is 32.8 Å². The fourth-order valence-corrected chi connectivity index (χ4v) is 3.85. The number of amides is 2. The molecule has 3 aliphatic rings. The molecule has 0 spiro atoms. The predicted octanol–water partition coefficient (Wildman–Crippen LogP) is 1.01. The fraction of sp³-hybridized carbons (Fsp3) is 0.875. The molecular weight excluding hydrogens is 268 g/mol. The summed E-state index contributed by atoms with van der Waals surface area (Å²) in [7, 11) is 0. The van der Waals surface area contributed by atoms with Crippen molar-refractivity contribution in [1.82, 2.24) is 9.80 Å². The van der Waals surface area contributed by atoms with Gasteiger partial charge in [-0.2, -0.15) is 0 Å². The van der Waals surface area contributed by atoms with Crippen molar-refractivity contribution in [1.29, 1.82) is 0 Å². The summed E-state index contributed by atoms with van der Waals surface area (Å²) >= 11 is 0. The van der Waals surface area contributed by atoms with Crippen LogP contribution in [0.1, 0.15) is 44.9 Å². The fourth-order valence-electron chi connectivity index (χ4n) is 3.85. The topological polar surface area (TPSA) is 60.9 Å².